The number of amides is 2. The molecular weight excluding hydrogens is 352 g/mol. The van der Waals surface area contributed by atoms with Crippen molar-refractivity contribution in [2.75, 3.05) is 23.0 Å². The van der Waals surface area contributed by atoms with Crippen molar-refractivity contribution in [2.24, 2.45) is 5.92 Å². The van der Waals surface area contributed by atoms with Crippen LogP contribution in [-0.4, -0.2) is 43.8 Å². The Bertz CT molecular complexity index is 803. The Morgan fingerprint density at radius 1 is 1.31 bits per heavy atom. The normalized spacial score (nSPS) is 27.7. The molecule has 7 heteroatoms. The summed E-state index contributed by atoms with van der Waals surface area (Å²) < 4.78 is 23.4. The molecule has 142 valence electrons. The molecular formula is C19H26N2O4S. The van der Waals surface area contributed by atoms with E-state index in [1.807, 2.05) is 24.3 Å². The number of carbonyl (C=O) groups is 2. The van der Waals surface area contributed by atoms with Crippen LogP contribution in [0.4, 0.5) is 5.69 Å². The lowest BCUT2D eigenvalue weighted by atomic mass is 9.99. The zero-order valence-electron chi connectivity index (χ0n) is 15.3. The molecule has 2 heterocycles. The number of anilines is 1. The number of carbonyl (C=O) groups excluding carboxylic acids is 2. The molecule has 2 aliphatic heterocycles. The summed E-state index contributed by atoms with van der Waals surface area (Å²) in [5.41, 5.74) is 1.31. The van der Waals surface area contributed by atoms with Gasteiger partial charge in [-0.1, -0.05) is 25.5 Å². The van der Waals surface area contributed by atoms with Gasteiger partial charge in [0.1, 0.15) is 0 Å². The highest BCUT2D eigenvalue weighted by Gasteiger charge is 2.42. The molecule has 0 unspecified atom stereocenters. The zero-order chi connectivity index (χ0) is 18.9. The lowest BCUT2D eigenvalue weighted by molar-refractivity contribution is -0.127. The van der Waals surface area contributed by atoms with E-state index in [1.165, 1.54) is 5.56 Å². The van der Waals surface area contributed by atoms with Gasteiger partial charge in [0.2, 0.25) is 11.8 Å². The first-order valence-electron chi connectivity index (χ1n) is 9.13. The van der Waals surface area contributed by atoms with E-state index < -0.39 is 21.3 Å². The average Bonchev–Trinajstić information content (AvgIpc) is 3.08. The van der Waals surface area contributed by atoms with Crippen molar-refractivity contribution < 1.29 is 18.0 Å². The maximum Gasteiger partial charge on any atom is 0.227 e. The van der Waals surface area contributed by atoms with Crippen molar-refractivity contribution in [3.63, 3.8) is 0 Å². The number of hydrogen-bond donors (Lipinski definition) is 1. The summed E-state index contributed by atoms with van der Waals surface area (Å²) in [6.45, 7) is 4.22. The van der Waals surface area contributed by atoms with E-state index >= 15 is 0 Å². The minimum atomic E-state index is -3.09. The number of rotatable bonds is 5. The van der Waals surface area contributed by atoms with Gasteiger partial charge in [0, 0.05) is 18.7 Å². The van der Waals surface area contributed by atoms with Gasteiger partial charge in [0.05, 0.1) is 23.0 Å². The third kappa shape index (κ3) is 4.09. The molecule has 2 fully saturated rings. The SMILES string of the molecule is CCCc1ccc(N2C[C@H](C(=O)N[C@]3(C)CCS(=O)(=O)C3)CC2=O)cc1. The van der Waals surface area contributed by atoms with Gasteiger partial charge in [-0.3, -0.25) is 9.59 Å². The highest BCUT2D eigenvalue weighted by atomic mass is 32.2. The minimum absolute atomic E-state index is 0.0327. The van der Waals surface area contributed by atoms with Crippen molar-refractivity contribution in [1.29, 1.82) is 0 Å². The van der Waals surface area contributed by atoms with Crippen molar-refractivity contribution >= 4 is 27.3 Å². The van der Waals surface area contributed by atoms with E-state index in [-0.39, 0.29) is 29.7 Å². The molecule has 1 N–H and O–H groups in total. The number of sulfone groups is 1. The van der Waals surface area contributed by atoms with Gasteiger partial charge < -0.3 is 10.2 Å². The summed E-state index contributed by atoms with van der Waals surface area (Å²) in [4.78, 5) is 26.6. The third-order valence-corrected chi connectivity index (χ3v) is 7.11. The fourth-order valence-electron chi connectivity index (χ4n) is 3.77. The number of nitrogens with one attached hydrogen (secondary N) is 1. The second-order valence-electron chi connectivity index (χ2n) is 7.71. The van der Waals surface area contributed by atoms with Crippen LogP contribution >= 0.6 is 0 Å². The maximum atomic E-state index is 12.6. The van der Waals surface area contributed by atoms with E-state index in [0.29, 0.717) is 13.0 Å². The second-order valence-corrected chi connectivity index (χ2v) is 9.90. The van der Waals surface area contributed by atoms with Gasteiger partial charge in [-0.25, -0.2) is 8.42 Å². The van der Waals surface area contributed by atoms with Gasteiger partial charge >= 0.3 is 0 Å². The van der Waals surface area contributed by atoms with Gasteiger partial charge in [-0.05, 0) is 37.5 Å². The third-order valence-electron chi connectivity index (χ3n) is 5.21. The largest absolute Gasteiger partial charge is 0.350 e. The number of nitrogens with zero attached hydrogens (tertiary/aromatic N) is 1. The molecule has 26 heavy (non-hydrogen) atoms. The van der Waals surface area contributed by atoms with Crippen LogP contribution in [0.15, 0.2) is 24.3 Å². The zero-order valence-corrected chi connectivity index (χ0v) is 16.1. The molecule has 6 nitrogen and oxygen atoms in total. The Morgan fingerprint density at radius 2 is 2.00 bits per heavy atom. The average molecular weight is 378 g/mol. The predicted octanol–water partition coefficient (Wildman–Crippen LogP) is 1.69. The van der Waals surface area contributed by atoms with Crippen LogP contribution in [0.5, 0.6) is 0 Å². The minimum Gasteiger partial charge on any atom is -0.350 e. The molecule has 1 aromatic rings. The van der Waals surface area contributed by atoms with Gasteiger partial charge in [0.25, 0.3) is 0 Å². The monoisotopic (exact) mass is 378 g/mol. The molecule has 2 amide bonds. The van der Waals surface area contributed by atoms with Crippen LogP contribution < -0.4 is 10.2 Å². The van der Waals surface area contributed by atoms with Crippen LogP contribution in [0.3, 0.4) is 0 Å². The van der Waals surface area contributed by atoms with E-state index in [9.17, 15) is 18.0 Å². The Balaban J connectivity index is 1.64. The highest BCUT2D eigenvalue weighted by Crippen LogP contribution is 2.28. The molecule has 2 saturated heterocycles. The fraction of sp³-hybridized carbons (Fsp3) is 0.579. The van der Waals surface area contributed by atoms with Crippen LogP contribution in [0.2, 0.25) is 0 Å². The van der Waals surface area contributed by atoms with Crippen molar-refractivity contribution in [3.8, 4) is 0 Å². The van der Waals surface area contributed by atoms with E-state index in [1.54, 1.807) is 11.8 Å². The molecule has 0 saturated carbocycles. The van der Waals surface area contributed by atoms with E-state index in [4.69, 9.17) is 0 Å². The van der Waals surface area contributed by atoms with Gasteiger partial charge in [-0.2, -0.15) is 0 Å². The lowest BCUT2D eigenvalue weighted by Crippen LogP contribution is -2.49. The number of benzene rings is 1. The molecule has 3 rings (SSSR count). The van der Waals surface area contributed by atoms with Gasteiger partial charge in [0.15, 0.2) is 9.84 Å². The molecule has 0 aromatic heterocycles. The fourth-order valence-corrected chi connectivity index (χ4v) is 5.87. The quantitative estimate of drug-likeness (QED) is 0.845. The number of hydrogen-bond acceptors (Lipinski definition) is 4. The van der Waals surface area contributed by atoms with Gasteiger partial charge in [-0.15, -0.1) is 0 Å². The second kappa shape index (κ2) is 7.02. The Kier molecular flexibility index (Phi) is 5.10. The predicted molar refractivity (Wildman–Crippen MR) is 101 cm³/mol. The van der Waals surface area contributed by atoms with Crippen LogP contribution in [0.25, 0.3) is 0 Å². The Labute approximate surface area is 154 Å². The first-order chi connectivity index (χ1) is 12.2. The smallest absolute Gasteiger partial charge is 0.227 e. The van der Waals surface area contributed by atoms with Crippen molar-refractivity contribution in [2.45, 2.75) is 45.1 Å². The van der Waals surface area contributed by atoms with E-state index in [0.717, 1.165) is 18.5 Å². The first-order valence-corrected chi connectivity index (χ1v) is 11.0. The molecule has 0 spiro atoms. The molecule has 0 aliphatic carbocycles. The topological polar surface area (TPSA) is 83.6 Å². The Hall–Kier alpha value is -1.89. The summed E-state index contributed by atoms with van der Waals surface area (Å²) in [6, 6.07) is 7.88. The number of aryl methyl sites for hydroxylation is 1. The molecule has 0 bridgehead atoms. The van der Waals surface area contributed by atoms with Crippen LogP contribution in [-0.2, 0) is 25.8 Å². The Morgan fingerprint density at radius 3 is 2.58 bits per heavy atom. The summed E-state index contributed by atoms with van der Waals surface area (Å²) in [7, 11) is -3.09. The molecule has 1 aromatic carbocycles. The maximum absolute atomic E-state index is 12.6. The summed E-state index contributed by atoms with van der Waals surface area (Å²) >= 11 is 0. The molecule has 0 radical (unpaired) electrons. The molecule has 2 atom stereocenters. The first kappa shape index (κ1) is 18.9. The van der Waals surface area contributed by atoms with E-state index in [2.05, 4.69) is 12.2 Å². The standard InChI is InChI=1S/C19H26N2O4S/c1-3-4-14-5-7-16(8-6-14)21-12-15(11-17(21)22)18(23)20-19(2)9-10-26(24,25)13-19/h5-8,15H,3-4,9-13H2,1-2H3,(H,20,23)/t15-,19-/m1/s1. The summed E-state index contributed by atoms with van der Waals surface area (Å²) in [5.74, 6) is -0.683. The van der Waals surface area contributed by atoms with Crippen molar-refractivity contribution in [3.05, 3.63) is 29.8 Å². The van der Waals surface area contributed by atoms with Crippen molar-refractivity contribution in [1.82, 2.24) is 5.32 Å². The van der Waals surface area contributed by atoms with Crippen LogP contribution in [0.1, 0.15) is 38.7 Å². The summed E-state index contributed by atoms with van der Waals surface area (Å²) in [6.07, 6.45) is 2.65. The summed E-state index contributed by atoms with van der Waals surface area (Å²) in [5, 5.41) is 2.87. The van der Waals surface area contributed by atoms with Crippen LogP contribution in [0, 0.1) is 5.92 Å². The lowest BCUT2D eigenvalue weighted by Gasteiger charge is -2.25. The molecule has 2 aliphatic rings. The highest BCUT2D eigenvalue weighted by molar-refractivity contribution is 7.91.